The Morgan fingerprint density at radius 2 is 2.09 bits per heavy atom. The van der Waals surface area contributed by atoms with Crippen LogP contribution >= 0.6 is 23.4 Å². The normalized spacial score (nSPS) is 21.8. The van der Waals surface area contributed by atoms with Gasteiger partial charge in [0.2, 0.25) is 0 Å². The van der Waals surface area contributed by atoms with Crippen LogP contribution in [-0.2, 0) is 11.2 Å². The number of thioether (sulfide) groups is 1. The van der Waals surface area contributed by atoms with E-state index < -0.39 is 5.97 Å². The van der Waals surface area contributed by atoms with Crippen molar-refractivity contribution in [2.45, 2.75) is 63.0 Å². The molecule has 2 unspecified atom stereocenters. The minimum absolute atomic E-state index is 0.229. The summed E-state index contributed by atoms with van der Waals surface area (Å²) < 4.78 is 5.40. The van der Waals surface area contributed by atoms with E-state index in [1.54, 1.807) is 13.3 Å². The first-order valence-corrected chi connectivity index (χ1v) is 14.1. The first-order valence-electron chi connectivity index (χ1n) is 12.7. The summed E-state index contributed by atoms with van der Waals surface area (Å²) in [5.74, 6) is 1.99. The zero-order chi connectivity index (χ0) is 23.9. The van der Waals surface area contributed by atoms with E-state index >= 15 is 0 Å². The van der Waals surface area contributed by atoms with Gasteiger partial charge < -0.3 is 14.7 Å². The van der Waals surface area contributed by atoms with Crippen LogP contribution in [0.1, 0.15) is 56.9 Å². The first-order chi connectivity index (χ1) is 16.5. The van der Waals surface area contributed by atoms with Crippen molar-refractivity contribution < 1.29 is 14.6 Å². The molecule has 0 radical (unpaired) electrons. The molecule has 186 valence electrons. The number of hydrogen-bond donors (Lipinski definition) is 1. The van der Waals surface area contributed by atoms with Crippen molar-refractivity contribution in [3.63, 3.8) is 0 Å². The average Bonchev–Trinajstić information content (AvgIpc) is 3.34. The number of piperidine rings is 1. The summed E-state index contributed by atoms with van der Waals surface area (Å²) in [6, 6.07) is 5.90. The van der Waals surface area contributed by atoms with Crippen LogP contribution in [0.2, 0.25) is 5.02 Å². The Labute approximate surface area is 212 Å². The van der Waals surface area contributed by atoms with Gasteiger partial charge in [0.25, 0.3) is 0 Å². The van der Waals surface area contributed by atoms with Gasteiger partial charge in [0.15, 0.2) is 0 Å². The number of carbonyl (C=O) groups is 1. The largest absolute Gasteiger partial charge is 0.497 e. The number of benzene rings is 1. The molecule has 7 heteroatoms. The van der Waals surface area contributed by atoms with Crippen LogP contribution in [0.3, 0.4) is 0 Å². The second-order valence-corrected chi connectivity index (χ2v) is 11.7. The SMILES string of the molecule is COc1ccc2ncc(Cl)c(CCCC3CCN(CCSC4CCCC4)CC3CC(=O)O)c2c1. The molecular weight excluding hydrogens is 468 g/mol. The molecule has 4 rings (SSSR count). The smallest absolute Gasteiger partial charge is 0.303 e. The molecule has 1 aliphatic heterocycles. The summed E-state index contributed by atoms with van der Waals surface area (Å²) in [7, 11) is 1.67. The molecule has 1 saturated heterocycles. The fraction of sp³-hybridized carbons (Fsp3) is 0.630. The highest BCUT2D eigenvalue weighted by Gasteiger charge is 2.30. The van der Waals surface area contributed by atoms with Gasteiger partial charge in [-0.15, -0.1) is 0 Å². The zero-order valence-corrected chi connectivity index (χ0v) is 21.8. The fourth-order valence-corrected chi connectivity index (χ4v) is 7.33. The Bertz CT molecular complexity index is 966. The van der Waals surface area contributed by atoms with Gasteiger partial charge in [-0.3, -0.25) is 9.78 Å². The maximum Gasteiger partial charge on any atom is 0.303 e. The van der Waals surface area contributed by atoms with Crippen molar-refractivity contribution >= 4 is 40.2 Å². The van der Waals surface area contributed by atoms with Gasteiger partial charge >= 0.3 is 5.97 Å². The summed E-state index contributed by atoms with van der Waals surface area (Å²) >= 11 is 8.67. The van der Waals surface area contributed by atoms with E-state index in [2.05, 4.69) is 21.6 Å². The van der Waals surface area contributed by atoms with Crippen LogP contribution in [0.5, 0.6) is 5.75 Å². The van der Waals surface area contributed by atoms with Gasteiger partial charge in [0, 0.05) is 42.1 Å². The number of halogens is 1. The van der Waals surface area contributed by atoms with Gasteiger partial charge in [-0.1, -0.05) is 24.4 Å². The standard InChI is InChI=1S/C27H37ClN2O3S/c1-33-21-9-10-26-24(16-21)23(25(28)17-29-26)8-4-5-19-11-12-30(18-20(19)15-27(31)32)13-14-34-22-6-2-3-7-22/h9-10,16-17,19-20,22H,2-8,11-15,18H2,1H3,(H,31,32). The Kier molecular flexibility index (Phi) is 9.38. The molecular formula is C27H37ClN2O3S. The highest BCUT2D eigenvalue weighted by Crippen LogP contribution is 2.34. The third kappa shape index (κ3) is 6.79. The van der Waals surface area contributed by atoms with Crippen LogP contribution in [-0.4, -0.2) is 58.7 Å². The molecule has 0 spiro atoms. The van der Waals surface area contributed by atoms with E-state index in [9.17, 15) is 9.90 Å². The molecule has 1 N–H and O–H groups in total. The van der Waals surface area contributed by atoms with Gasteiger partial charge in [-0.25, -0.2) is 0 Å². The number of aromatic nitrogens is 1. The van der Waals surface area contributed by atoms with Crippen LogP contribution in [0.4, 0.5) is 0 Å². The number of fused-ring (bicyclic) bond motifs is 1. The number of aryl methyl sites for hydroxylation is 1. The second-order valence-electron chi connectivity index (χ2n) is 9.84. The minimum atomic E-state index is -0.674. The molecule has 2 aliphatic rings. The molecule has 1 aliphatic carbocycles. The zero-order valence-electron chi connectivity index (χ0n) is 20.2. The third-order valence-corrected chi connectivity index (χ3v) is 9.30. The van der Waals surface area contributed by atoms with Crippen LogP contribution in [0.25, 0.3) is 10.9 Å². The van der Waals surface area contributed by atoms with Crippen molar-refractivity contribution in [2.24, 2.45) is 11.8 Å². The predicted molar refractivity (Wildman–Crippen MR) is 141 cm³/mol. The van der Waals surface area contributed by atoms with Crippen LogP contribution in [0.15, 0.2) is 24.4 Å². The summed E-state index contributed by atoms with van der Waals surface area (Å²) in [6.07, 6.45) is 11.5. The van der Waals surface area contributed by atoms with E-state index in [4.69, 9.17) is 16.3 Å². The Balaban J connectivity index is 1.33. The summed E-state index contributed by atoms with van der Waals surface area (Å²) in [6.45, 7) is 3.09. The maximum atomic E-state index is 11.6. The van der Waals surface area contributed by atoms with E-state index in [0.29, 0.717) is 10.9 Å². The molecule has 34 heavy (non-hydrogen) atoms. The van der Waals surface area contributed by atoms with E-state index in [0.717, 1.165) is 72.8 Å². The number of likely N-dealkylation sites (tertiary alicyclic amines) is 1. The number of carboxylic acid groups (broad SMARTS) is 1. The second kappa shape index (κ2) is 12.5. The molecule has 2 heterocycles. The summed E-state index contributed by atoms with van der Waals surface area (Å²) in [4.78, 5) is 18.6. The highest BCUT2D eigenvalue weighted by molar-refractivity contribution is 7.99. The van der Waals surface area contributed by atoms with Crippen molar-refractivity contribution in [1.29, 1.82) is 0 Å². The molecule has 2 aromatic rings. The molecule has 0 amide bonds. The fourth-order valence-electron chi connectivity index (χ4n) is 5.72. The number of methoxy groups -OCH3 is 1. The minimum Gasteiger partial charge on any atom is -0.497 e. The van der Waals surface area contributed by atoms with Gasteiger partial charge in [0.1, 0.15) is 5.75 Å². The number of nitrogens with zero attached hydrogens (tertiary/aromatic N) is 2. The summed E-state index contributed by atoms with van der Waals surface area (Å²) in [5.41, 5.74) is 2.04. The Hall–Kier alpha value is -1.50. The molecule has 2 atom stereocenters. The van der Waals surface area contributed by atoms with Crippen LogP contribution in [0, 0.1) is 11.8 Å². The van der Waals surface area contributed by atoms with Crippen molar-refractivity contribution in [3.05, 3.63) is 35.0 Å². The van der Waals surface area contributed by atoms with Gasteiger partial charge in [-0.2, -0.15) is 11.8 Å². The predicted octanol–water partition coefficient (Wildman–Crippen LogP) is 6.31. The maximum absolute atomic E-state index is 11.6. The Morgan fingerprint density at radius 3 is 2.85 bits per heavy atom. The lowest BCUT2D eigenvalue weighted by atomic mass is 9.80. The molecule has 1 aromatic carbocycles. The highest BCUT2D eigenvalue weighted by atomic mass is 35.5. The number of aliphatic carboxylic acids is 1. The molecule has 0 bridgehead atoms. The number of pyridine rings is 1. The van der Waals surface area contributed by atoms with E-state index in [1.165, 1.54) is 31.4 Å². The Morgan fingerprint density at radius 1 is 1.26 bits per heavy atom. The van der Waals surface area contributed by atoms with Gasteiger partial charge in [0.05, 0.1) is 17.6 Å². The topological polar surface area (TPSA) is 62.7 Å². The lowest BCUT2D eigenvalue weighted by Gasteiger charge is -2.38. The van der Waals surface area contributed by atoms with E-state index in [-0.39, 0.29) is 12.3 Å². The number of ether oxygens (including phenoxy) is 1. The van der Waals surface area contributed by atoms with Crippen molar-refractivity contribution in [2.75, 3.05) is 32.5 Å². The van der Waals surface area contributed by atoms with Crippen LogP contribution < -0.4 is 4.74 Å². The van der Waals surface area contributed by atoms with Crippen molar-refractivity contribution in [1.82, 2.24) is 9.88 Å². The number of hydrogen-bond acceptors (Lipinski definition) is 5. The van der Waals surface area contributed by atoms with E-state index in [1.807, 2.05) is 18.2 Å². The van der Waals surface area contributed by atoms with Gasteiger partial charge in [-0.05, 0) is 80.7 Å². The number of carboxylic acids is 1. The first kappa shape index (κ1) is 25.6. The quantitative estimate of drug-likeness (QED) is 0.387. The monoisotopic (exact) mass is 504 g/mol. The molecule has 2 fully saturated rings. The molecule has 5 nitrogen and oxygen atoms in total. The lowest BCUT2D eigenvalue weighted by molar-refractivity contribution is -0.139. The number of rotatable bonds is 11. The molecule has 1 aromatic heterocycles. The lowest BCUT2D eigenvalue weighted by Crippen LogP contribution is -2.42. The average molecular weight is 505 g/mol. The van der Waals surface area contributed by atoms with Crippen molar-refractivity contribution in [3.8, 4) is 5.75 Å². The third-order valence-electron chi connectivity index (χ3n) is 7.61. The summed E-state index contributed by atoms with van der Waals surface area (Å²) in [5, 5.41) is 12.1. The molecule has 1 saturated carbocycles.